The highest BCUT2D eigenvalue weighted by Gasteiger charge is 2.27. The Labute approximate surface area is 107 Å². The molecule has 1 atom stereocenters. The summed E-state index contributed by atoms with van der Waals surface area (Å²) in [5, 5.41) is 3.64. The van der Waals surface area contributed by atoms with Crippen molar-refractivity contribution >= 4 is 6.21 Å². The molecular formula is C15H30N2. The van der Waals surface area contributed by atoms with Crippen molar-refractivity contribution in [1.82, 2.24) is 5.32 Å². The van der Waals surface area contributed by atoms with Gasteiger partial charge in [0.1, 0.15) is 0 Å². The number of aliphatic imine (C=N–C) groups is 1. The van der Waals surface area contributed by atoms with E-state index in [4.69, 9.17) is 0 Å². The van der Waals surface area contributed by atoms with Crippen molar-refractivity contribution < 1.29 is 0 Å². The molecule has 1 saturated carbocycles. The first kappa shape index (κ1) is 14.7. The van der Waals surface area contributed by atoms with Crippen LogP contribution in [-0.2, 0) is 0 Å². The molecule has 1 rings (SSSR count). The van der Waals surface area contributed by atoms with Gasteiger partial charge in [-0.15, -0.1) is 0 Å². The Kier molecular flexibility index (Phi) is 6.18. The summed E-state index contributed by atoms with van der Waals surface area (Å²) in [6.07, 6.45) is 8.54. The van der Waals surface area contributed by atoms with E-state index in [9.17, 15) is 0 Å². The van der Waals surface area contributed by atoms with E-state index in [-0.39, 0.29) is 0 Å². The fourth-order valence-corrected chi connectivity index (χ4v) is 1.83. The topological polar surface area (TPSA) is 24.4 Å². The van der Waals surface area contributed by atoms with E-state index in [1.165, 1.54) is 25.7 Å². The molecule has 0 saturated heterocycles. The van der Waals surface area contributed by atoms with E-state index in [0.717, 1.165) is 25.6 Å². The van der Waals surface area contributed by atoms with Gasteiger partial charge in [0.05, 0.1) is 0 Å². The summed E-state index contributed by atoms with van der Waals surface area (Å²) in [6.45, 7) is 11.3. The predicted molar refractivity (Wildman–Crippen MR) is 76.9 cm³/mol. The average molecular weight is 238 g/mol. The van der Waals surface area contributed by atoms with Crippen LogP contribution < -0.4 is 5.32 Å². The molecule has 0 aromatic carbocycles. The fraction of sp³-hybridized carbons (Fsp3) is 0.933. The van der Waals surface area contributed by atoms with E-state index >= 15 is 0 Å². The van der Waals surface area contributed by atoms with Gasteiger partial charge >= 0.3 is 0 Å². The monoisotopic (exact) mass is 238 g/mol. The van der Waals surface area contributed by atoms with Gasteiger partial charge in [0.15, 0.2) is 0 Å². The van der Waals surface area contributed by atoms with Crippen molar-refractivity contribution in [2.75, 3.05) is 13.1 Å². The average Bonchev–Trinajstić information content (AvgIpc) is 3.04. The van der Waals surface area contributed by atoms with Crippen LogP contribution in [-0.4, -0.2) is 25.3 Å². The van der Waals surface area contributed by atoms with Gasteiger partial charge in [-0.05, 0) is 43.2 Å². The van der Waals surface area contributed by atoms with Crippen LogP contribution >= 0.6 is 0 Å². The van der Waals surface area contributed by atoms with Crippen molar-refractivity contribution in [3.8, 4) is 0 Å². The van der Waals surface area contributed by atoms with Gasteiger partial charge in [-0.3, -0.25) is 4.99 Å². The molecule has 1 N–H and O–H groups in total. The highest BCUT2D eigenvalue weighted by atomic mass is 15.0. The lowest BCUT2D eigenvalue weighted by atomic mass is 9.80. The lowest BCUT2D eigenvalue weighted by Crippen LogP contribution is -2.34. The largest absolute Gasteiger partial charge is 0.314 e. The second kappa shape index (κ2) is 7.15. The molecule has 17 heavy (non-hydrogen) atoms. The molecule has 0 amide bonds. The molecule has 2 heteroatoms. The summed E-state index contributed by atoms with van der Waals surface area (Å²) in [6, 6.07) is 0.809. The Hall–Kier alpha value is -0.370. The molecule has 0 aliphatic heterocycles. The van der Waals surface area contributed by atoms with E-state index in [1.807, 2.05) is 0 Å². The van der Waals surface area contributed by atoms with Crippen LogP contribution in [0.4, 0.5) is 0 Å². The summed E-state index contributed by atoms with van der Waals surface area (Å²) in [7, 11) is 0. The summed E-state index contributed by atoms with van der Waals surface area (Å²) >= 11 is 0. The second-order valence-electron chi connectivity index (χ2n) is 6.44. The minimum Gasteiger partial charge on any atom is -0.314 e. The van der Waals surface area contributed by atoms with Gasteiger partial charge in [-0.25, -0.2) is 0 Å². The van der Waals surface area contributed by atoms with Crippen LogP contribution in [0.3, 0.4) is 0 Å². The lowest BCUT2D eigenvalue weighted by Gasteiger charge is -2.29. The normalized spacial score (nSPS) is 18.8. The summed E-state index contributed by atoms with van der Waals surface area (Å²) in [4.78, 5) is 4.61. The van der Waals surface area contributed by atoms with Crippen molar-refractivity contribution in [1.29, 1.82) is 0 Å². The van der Waals surface area contributed by atoms with E-state index in [0.29, 0.717) is 11.3 Å². The second-order valence-corrected chi connectivity index (χ2v) is 6.44. The smallest absolute Gasteiger partial charge is 0.0430 e. The highest BCUT2D eigenvalue weighted by molar-refractivity contribution is 5.56. The highest BCUT2D eigenvalue weighted by Crippen LogP contribution is 2.27. The zero-order valence-corrected chi connectivity index (χ0v) is 12.1. The minimum absolute atomic E-state index is 0.351. The molecule has 1 unspecified atom stereocenters. The Morgan fingerprint density at radius 2 is 2.06 bits per heavy atom. The van der Waals surface area contributed by atoms with Gasteiger partial charge in [0.25, 0.3) is 0 Å². The van der Waals surface area contributed by atoms with E-state index in [1.54, 1.807) is 0 Å². The van der Waals surface area contributed by atoms with Crippen LogP contribution in [0.2, 0.25) is 0 Å². The number of hydrogen-bond donors (Lipinski definition) is 1. The Bertz CT molecular complexity index is 224. The van der Waals surface area contributed by atoms with Crippen LogP contribution in [0.15, 0.2) is 4.99 Å². The van der Waals surface area contributed by atoms with Crippen molar-refractivity contribution in [2.24, 2.45) is 16.3 Å². The fourth-order valence-electron chi connectivity index (χ4n) is 1.83. The van der Waals surface area contributed by atoms with Crippen LogP contribution in [0.1, 0.15) is 59.8 Å². The minimum atomic E-state index is 0.351. The first-order valence-corrected chi connectivity index (χ1v) is 7.25. The van der Waals surface area contributed by atoms with E-state index in [2.05, 4.69) is 44.2 Å². The predicted octanol–water partition coefficient (Wildman–Crippen LogP) is 3.66. The van der Waals surface area contributed by atoms with Crippen molar-refractivity contribution in [2.45, 2.75) is 65.8 Å². The molecule has 0 radical (unpaired) electrons. The zero-order chi connectivity index (χ0) is 12.7. The maximum atomic E-state index is 4.61. The first-order chi connectivity index (χ1) is 8.04. The molecule has 0 aromatic rings. The third-order valence-electron chi connectivity index (χ3n) is 3.60. The molecule has 1 fully saturated rings. The molecule has 0 aromatic heterocycles. The number of nitrogens with zero attached hydrogens (tertiary/aromatic N) is 1. The number of rotatable bonds is 8. The van der Waals surface area contributed by atoms with E-state index < -0.39 is 0 Å². The molecule has 0 bridgehead atoms. The molecule has 2 nitrogen and oxygen atoms in total. The summed E-state index contributed by atoms with van der Waals surface area (Å²) < 4.78 is 0. The van der Waals surface area contributed by atoms with Crippen molar-refractivity contribution in [3.63, 3.8) is 0 Å². The van der Waals surface area contributed by atoms with Gasteiger partial charge in [-0.2, -0.15) is 0 Å². The quantitative estimate of drug-likeness (QED) is 0.506. The Morgan fingerprint density at radius 3 is 2.59 bits per heavy atom. The van der Waals surface area contributed by atoms with Crippen LogP contribution in [0.25, 0.3) is 0 Å². The van der Waals surface area contributed by atoms with Crippen LogP contribution in [0, 0.1) is 11.3 Å². The SMILES string of the molecule is CCCC/C=N\CC(CNC1CC1)C(C)(C)C. The number of unbranched alkanes of at least 4 members (excludes halogenated alkanes) is 2. The Morgan fingerprint density at radius 1 is 1.35 bits per heavy atom. The van der Waals surface area contributed by atoms with Gasteiger partial charge in [-0.1, -0.05) is 34.1 Å². The third-order valence-corrected chi connectivity index (χ3v) is 3.60. The Balaban J connectivity index is 2.26. The molecule has 100 valence electrons. The molecule has 0 heterocycles. The zero-order valence-electron chi connectivity index (χ0n) is 12.1. The van der Waals surface area contributed by atoms with Crippen LogP contribution in [0.5, 0.6) is 0 Å². The molecule has 1 aliphatic rings. The standard InChI is InChI=1S/C15H30N2/c1-5-6-7-10-16-11-13(15(2,3)4)12-17-14-8-9-14/h10,13-14,17H,5-9,11-12H2,1-4H3/b16-10-. The maximum absolute atomic E-state index is 4.61. The lowest BCUT2D eigenvalue weighted by molar-refractivity contribution is 0.239. The maximum Gasteiger partial charge on any atom is 0.0430 e. The number of nitrogens with one attached hydrogen (secondary N) is 1. The van der Waals surface area contributed by atoms with Gasteiger partial charge in [0.2, 0.25) is 0 Å². The van der Waals surface area contributed by atoms with Crippen molar-refractivity contribution in [3.05, 3.63) is 0 Å². The summed E-state index contributed by atoms with van der Waals surface area (Å²) in [5.74, 6) is 0.654. The van der Waals surface area contributed by atoms with Gasteiger partial charge < -0.3 is 5.32 Å². The third kappa shape index (κ3) is 6.82. The first-order valence-electron chi connectivity index (χ1n) is 7.25. The van der Waals surface area contributed by atoms with Gasteiger partial charge in [0, 0.05) is 19.1 Å². The molecule has 0 spiro atoms. The summed E-state index contributed by atoms with van der Waals surface area (Å²) in [5.41, 5.74) is 0.351. The molecule has 1 aliphatic carbocycles. The molecular weight excluding hydrogens is 208 g/mol. The number of hydrogen-bond acceptors (Lipinski definition) is 2.